The van der Waals surface area contributed by atoms with E-state index in [2.05, 4.69) is 17.1 Å². The molecular weight excluding hydrogens is 292 g/mol. The molecule has 0 saturated carbocycles. The number of nitrogens with one attached hydrogen (secondary N) is 1. The zero-order valence-corrected chi connectivity index (χ0v) is 14.9. The van der Waals surface area contributed by atoms with Crippen molar-refractivity contribution in [3.8, 4) is 0 Å². The highest BCUT2D eigenvalue weighted by Crippen LogP contribution is 2.30. The van der Waals surface area contributed by atoms with Gasteiger partial charge < -0.3 is 16.0 Å². The van der Waals surface area contributed by atoms with E-state index in [-0.39, 0.29) is 11.9 Å². The topological polar surface area (TPSA) is 78.7 Å². The summed E-state index contributed by atoms with van der Waals surface area (Å²) in [4.78, 5) is 29.0. The molecule has 0 aromatic carbocycles. The first-order chi connectivity index (χ1) is 10.9. The van der Waals surface area contributed by atoms with Gasteiger partial charge in [-0.25, -0.2) is 4.79 Å². The van der Waals surface area contributed by atoms with Crippen LogP contribution in [-0.4, -0.2) is 59.0 Å². The minimum atomic E-state index is -0.692. The lowest BCUT2D eigenvalue weighted by Gasteiger charge is -2.37. The van der Waals surface area contributed by atoms with Crippen LogP contribution >= 0.6 is 0 Å². The van der Waals surface area contributed by atoms with Gasteiger partial charge in [0.2, 0.25) is 0 Å². The summed E-state index contributed by atoms with van der Waals surface area (Å²) in [5.74, 6) is -0.0747. The first-order valence-electron chi connectivity index (χ1n) is 9.05. The van der Waals surface area contributed by atoms with E-state index >= 15 is 0 Å². The molecule has 6 nitrogen and oxygen atoms in total. The van der Waals surface area contributed by atoms with Crippen LogP contribution in [0.15, 0.2) is 0 Å². The fourth-order valence-electron chi connectivity index (χ4n) is 3.49. The Morgan fingerprint density at radius 3 is 2.30 bits per heavy atom. The standard InChI is InChI=1S/C17H32N4O2/c1-4-7-10-20-11-8-17(9-12-20)14(22)21(15(23)19-17)13-16(18,5-2)6-3/h4-13,18H2,1-3H3,(H,19,23). The number of hydrogen-bond acceptors (Lipinski definition) is 4. The van der Waals surface area contributed by atoms with Crippen LogP contribution in [0.5, 0.6) is 0 Å². The predicted molar refractivity (Wildman–Crippen MR) is 91.1 cm³/mol. The van der Waals surface area contributed by atoms with E-state index in [9.17, 15) is 9.59 Å². The lowest BCUT2D eigenvalue weighted by atomic mass is 9.86. The third-order valence-corrected chi connectivity index (χ3v) is 5.66. The van der Waals surface area contributed by atoms with Gasteiger partial charge in [-0.05, 0) is 38.6 Å². The SMILES string of the molecule is CCCCN1CCC2(CC1)NC(=O)N(CC(N)(CC)CC)C2=O. The average molecular weight is 324 g/mol. The molecule has 2 aliphatic heterocycles. The lowest BCUT2D eigenvalue weighted by Crippen LogP contribution is -2.56. The van der Waals surface area contributed by atoms with E-state index in [0.29, 0.717) is 19.4 Å². The zero-order valence-electron chi connectivity index (χ0n) is 14.9. The molecule has 132 valence electrons. The molecule has 0 radical (unpaired) electrons. The molecule has 0 aromatic heterocycles. The van der Waals surface area contributed by atoms with Crippen molar-refractivity contribution in [2.75, 3.05) is 26.2 Å². The van der Waals surface area contributed by atoms with Gasteiger partial charge in [-0.15, -0.1) is 0 Å². The number of nitrogens with zero attached hydrogens (tertiary/aromatic N) is 2. The molecule has 0 bridgehead atoms. The van der Waals surface area contributed by atoms with Gasteiger partial charge in [-0.1, -0.05) is 27.2 Å². The number of carbonyl (C=O) groups excluding carboxylic acids is 2. The molecule has 2 saturated heterocycles. The molecule has 3 N–H and O–H groups in total. The monoisotopic (exact) mass is 324 g/mol. The number of amides is 3. The maximum atomic E-state index is 12.9. The Morgan fingerprint density at radius 1 is 1.17 bits per heavy atom. The summed E-state index contributed by atoms with van der Waals surface area (Å²) in [6.45, 7) is 9.32. The number of unbranched alkanes of at least 4 members (excludes halogenated alkanes) is 1. The fourth-order valence-corrected chi connectivity index (χ4v) is 3.49. The molecule has 0 unspecified atom stereocenters. The Balaban J connectivity index is 2.01. The van der Waals surface area contributed by atoms with Crippen molar-refractivity contribution in [1.29, 1.82) is 0 Å². The number of imide groups is 1. The van der Waals surface area contributed by atoms with Crippen molar-refractivity contribution in [1.82, 2.24) is 15.1 Å². The summed E-state index contributed by atoms with van der Waals surface area (Å²) in [7, 11) is 0. The lowest BCUT2D eigenvalue weighted by molar-refractivity contribution is -0.133. The normalized spacial score (nSPS) is 22.0. The molecule has 1 spiro atoms. The maximum absolute atomic E-state index is 12.9. The third kappa shape index (κ3) is 3.69. The Labute approximate surface area is 139 Å². The average Bonchev–Trinajstić information content (AvgIpc) is 2.78. The highest BCUT2D eigenvalue weighted by Gasteiger charge is 2.53. The number of urea groups is 1. The Kier molecular flexibility index (Phi) is 5.68. The second-order valence-electron chi connectivity index (χ2n) is 7.17. The molecule has 0 aliphatic carbocycles. The summed E-state index contributed by atoms with van der Waals surface area (Å²) in [6.07, 6.45) is 5.26. The van der Waals surface area contributed by atoms with E-state index in [0.717, 1.165) is 32.5 Å². The maximum Gasteiger partial charge on any atom is 0.325 e. The molecule has 0 atom stereocenters. The van der Waals surface area contributed by atoms with Crippen molar-refractivity contribution < 1.29 is 9.59 Å². The molecule has 2 rings (SSSR count). The van der Waals surface area contributed by atoms with Crippen molar-refractivity contribution in [2.24, 2.45) is 5.73 Å². The number of likely N-dealkylation sites (tertiary alicyclic amines) is 1. The molecular formula is C17H32N4O2. The number of hydrogen-bond donors (Lipinski definition) is 2. The zero-order chi connectivity index (χ0) is 17.1. The van der Waals surface area contributed by atoms with Crippen molar-refractivity contribution in [3.63, 3.8) is 0 Å². The predicted octanol–water partition coefficient (Wildman–Crippen LogP) is 1.69. The van der Waals surface area contributed by atoms with E-state index < -0.39 is 11.1 Å². The van der Waals surface area contributed by atoms with E-state index in [1.807, 2.05) is 13.8 Å². The molecule has 2 fully saturated rings. The first kappa shape index (κ1) is 18.2. The van der Waals surface area contributed by atoms with Crippen molar-refractivity contribution >= 4 is 11.9 Å². The molecule has 0 aromatic rings. The number of rotatable bonds is 7. The number of carbonyl (C=O) groups is 2. The van der Waals surface area contributed by atoms with Crippen LogP contribution in [0.4, 0.5) is 4.79 Å². The quantitative estimate of drug-likeness (QED) is 0.699. The van der Waals surface area contributed by atoms with Gasteiger partial charge >= 0.3 is 6.03 Å². The van der Waals surface area contributed by atoms with Gasteiger partial charge in [-0.3, -0.25) is 9.69 Å². The molecule has 3 amide bonds. The number of piperidine rings is 1. The van der Waals surface area contributed by atoms with Crippen molar-refractivity contribution in [2.45, 2.75) is 70.4 Å². The van der Waals surface area contributed by atoms with Gasteiger partial charge in [0.1, 0.15) is 5.54 Å². The van der Waals surface area contributed by atoms with Gasteiger partial charge in [0.05, 0.1) is 0 Å². The Morgan fingerprint density at radius 2 is 1.78 bits per heavy atom. The molecule has 2 aliphatic rings. The summed E-state index contributed by atoms with van der Waals surface area (Å²) in [6, 6.07) is -0.270. The highest BCUT2D eigenvalue weighted by molar-refractivity contribution is 6.07. The third-order valence-electron chi connectivity index (χ3n) is 5.66. The largest absolute Gasteiger partial charge is 0.325 e. The highest BCUT2D eigenvalue weighted by atomic mass is 16.2. The van der Waals surface area contributed by atoms with Crippen LogP contribution in [-0.2, 0) is 4.79 Å². The van der Waals surface area contributed by atoms with E-state index in [1.165, 1.54) is 17.7 Å². The summed E-state index contributed by atoms with van der Waals surface area (Å²) in [5.41, 5.74) is 5.14. The van der Waals surface area contributed by atoms with Gasteiger partial charge in [0.25, 0.3) is 5.91 Å². The summed E-state index contributed by atoms with van der Waals surface area (Å²) < 4.78 is 0. The Hall–Kier alpha value is -1.14. The van der Waals surface area contributed by atoms with Crippen LogP contribution in [0.3, 0.4) is 0 Å². The van der Waals surface area contributed by atoms with Crippen molar-refractivity contribution in [3.05, 3.63) is 0 Å². The fraction of sp³-hybridized carbons (Fsp3) is 0.882. The molecule has 23 heavy (non-hydrogen) atoms. The second-order valence-corrected chi connectivity index (χ2v) is 7.17. The minimum Gasteiger partial charge on any atom is -0.324 e. The van der Waals surface area contributed by atoms with Crippen LogP contribution in [0.2, 0.25) is 0 Å². The minimum absolute atomic E-state index is 0.0747. The van der Waals surface area contributed by atoms with Crippen LogP contribution in [0, 0.1) is 0 Å². The van der Waals surface area contributed by atoms with Crippen LogP contribution < -0.4 is 11.1 Å². The second kappa shape index (κ2) is 7.18. The first-order valence-corrected chi connectivity index (χ1v) is 9.05. The molecule has 6 heteroatoms. The van der Waals surface area contributed by atoms with Gasteiger partial charge in [0.15, 0.2) is 0 Å². The summed E-state index contributed by atoms with van der Waals surface area (Å²) in [5, 5.41) is 2.97. The molecule has 2 heterocycles. The van der Waals surface area contributed by atoms with Gasteiger partial charge in [-0.2, -0.15) is 0 Å². The number of nitrogens with two attached hydrogens (primary N) is 1. The van der Waals surface area contributed by atoms with Gasteiger partial charge in [0, 0.05) is 25.2 Å². The van der Waals surface area contributed by atoms with Crippen LogP contribution in [0.1, 0.15) is 59.3 Å². The smallest absolute Gasteiger partial charge is 0.324 e. The van der Waals surface area contributed by atoms with E-state index in [1.54, 1.807) is 0 Å². The summed E-state index contributed by atoms with van der Waals surface area (Å²) >= 11 is 0. The van der Waals surface area contributed by atoms with E-state index in [4.69, 9.17) is 5.73 Å². The Bertz CT molecular complexity index is 440. The van der Waals surface area contributed by atoms with Crippen LogP contribution in [0.25, 0.3) is 0 Å².